The molecule has 0 radical (unpaired) electrons. The Labute approximate surface area is 132 Å². The average molecular weight is 383 g/mol. The van der Waals surface area contributed by atoms with Gasteiger partial charge in [0.25, 0.3) is 0 Å². The summed E-state index contributed by atoms with van der Waals surface area (Å²) in [6.07, 6.45) is 12.9. The molecular weight excluding hydrogens is 353 g/mol. The molecule has 0 aromatic heterocycles. The molecule has 2 N–H and O–H groups in total. The molecule has 0 saturated heterocycles. The van der Waals surface area contributed by atoms with E-state index in [-0.39, 0.29) is 9.89 Å². The minimum Gasteiger partial charge on any atom is -0.465 e. The largest absolute Gasteiger partial charge is 0.465 e. The third kappa shape index (κ3) is 12.9. The number of hydrogen-bond donors (Lipinski definition) is 1. The highest BCUT2D eigenvalue weighted by Crippen LogP contribution is 2.10. The van der Waals surface area contributed by atoms with Crippen molar-refractivity contribution in [2.75, 3.05) is 13.2 Å². The van der Waals surface area contributed by atoms with Crippen molar-refractivity contribution in [2.45, 2.75) is 75.1 Å². The first-order valence-electron chi connectivity index (χ1n) is 7.73. The van der Waals surface area contributed by atoms with Crippen molar-refractivity contribution in [1.82, 2.24) is 0 Å². The van der Waals surface area contributed by atoms with Crippen LogP contribution in [0.2, 0.25) is 0 Å². The van der Waals surface area contributed by atoms with Gasteiger partial charge in [0.15, 0.2) is 0 Å². The van der Waals surface area contributed by atoms with Crippen molar-refractivity contribution < 1.29 is 9.53 Å². The van der Waals surface area contributed by atoms with Crippen LogP contribution < -0.4 is 5.73 Å². The first-order valence-corrected chi connectivity index (χ1v) is 8.97. The lowest BCUT2D eigenvalue weighted by molar-refractivity contribution is -0.142. The number of rotatable bonds is 13. The highest BCUT2D eigenvalue weighted by Gasteiger charge is 2.13. The van der Waals surface area contributed by atoms with Crippen LogP contribution in [0.3, 0.4) is 0 Å². The SMILES string of the molecule is CCCCCCCCCCCCOC(=O)C(I)CN. The predicted octanol–water partition coefficient (Wildman–Crippen LogP) is 4.21. The zero-order valence-electron chi connectivity index (χ0n) is 12.3. The number of carbonyl (C=O) groups is 1. The van der Waals surface area contributed by atoms with Crippen LogP contribution in [0.1, 0.15) is 71.1 Å². The molecule has 19 heavy (non-hydrogen) atoms. The fourth-order valence-electron chi connectivity index (χ4n) is 1.95. The number of nitrogens with two attached hydrogens (primary N) is 1. The van der Waals surface area contributed by atoms with Crippen LogP contribution in [0.4, 0.5) is 0 Å². The van der Waals surface area contributed by atoms with E-state index in [0.717, 1.165) is 12.8 Å². The zero-order chi connectivity index (χ0) is 14.3. The smallest absolute Gasteiger partial charge is 0.320 e. The monoisotopic (exact) mass is 383 g/mol. The summed E-state index contributed by atoms with van der Waals surface area (Å²) in [4.78, 5) is 11.3. The van der Waals surface area contributed by atoms with E-state index in [9.17, 15) is 4.79 Å². The van der Waals surface area contributed by atoms with Crippen molar-refractivity contribution in [3.8, 4) is 0 Å². The summed E-state index contributed by atoms with van der Waals surface area (Å²) in [5.41, 5.74) is 5.39. The molecule has 4 heteroatoms. The van der Waals surface area contributed by atoms with Gasteiger partial charge in [-0.05, 0) is 6.42 Å². The van der Waals surface area contributed by atoms with Gasteiger partial charge in [0.2, 0.25) is 0 Å². The Morgan fingerprint density at radius 1 is 1.00 bits per heavy atom. The summed E-state index contributed by atoms with van der Waals surface area (Å²) >= 11 is 2.02. The number of esters is 1. The van der Waals surface area contributed by atoms with Gasteiger partial charge >= 0.3 is 5.97 Å². The van der Waals surface area contributed by atoms with E-state index in [2.05, 4.69) is 6.92 Å². The standard InChI is InChI=1S/C15H30INO2/c1-2-3-4-5-6-7-8-9-10-11-12-19-15(18)14(16)13-17/h14H,2-13,17H2,1H3. The quantitative estimate of drug-likeness (QED) is 0.224. The lowest BCUT2D eigenvalue weighted by Gasteiger charge is -2.07. The van der Waals surface area contributed by atoms with E-state index in [4.69, 9.17) is 10.5 Å². The first kappa shape index (κ1) is 19.2. The molecule has 0 amide bonds. The zero-order valence-corrected chi connectivity index (χ0v) is 14.5. The van der Waals surface area contributed by atoms with Crippen LogP contribution in [0.5, 0.6) is 0 Å². The van der Waals surface area contributed by atoms with E-state index in [1.807, 2.05) is 22.6 Å². The second-order valence-electron chi connectivity index (χ2n) is 5.05. The number of ether oxygens (including phenoxy) is 1. The van der Waals surface area contributed by atoms with E-state index < -0.39 is 0 Å². The summed E-state index contributed by atoms with van der Waals surface area (Å²) in [6, 6.07) is 0. The summed E-state index contributed by atoms with van der Waals surface area (Å²) in [5, 5.41) is 0. The molecule has 0 aliphatic carbocycles. The Morgan fingerprint density at radius 2 is 1.47 bits per heavy atom. The highest BCUT2D eigenvalue weighted by atomic mass is 127. The lowest BCUT2D eigenvalue weighted by atomic mass is 10.1. The van der Waals surface area contributed by atoms with Gasteiger partial charge in [-0.1, -0.05) is 87.3 Å². The fourth-order valence-corrected chi connectivity index (χ4v) is 2.13. The fraction of sp³-hybridized carbons (Fsp3) is 0.933. The van der Waals surface area contributed by atoms with Gasteiger partial charge in [-0.3, -0.25) is 4.79 Å². The number of halogens is 1. The summed E-state index contributed by atoms with van der Waals surface area (Å²) in [6.45, 7) is 3.16. The maximum Gasteiger partial charge on any atom is 0.320 e. The van der Waals surface area contributed by atoms with Gasteiger partial charge in [0.05, 0.1) is 6.61 Å². The van der Waals surface area contributed by atoms with Gasteiger partial charge in [0, 0.05) is 6.54 Å². The van der Waals surface area contributed by atoms with Crippen LogP contribution in [0, 0.1) is 0 Å². The Kier molecular flexibility index (Phi) is 14.7. The second-order valence-corrected chi connectivity index (χ2v) is 6.56. The molecule has 0 heterocycles. The third-order valence-corrected chi connectivity index (χ3v) is 4.22. The molecule has 0 fully saturated rings. The summed E-state index contributed by atoms with van der Waals surface area (Å²) in [5.74, 6) is -0.168. The molecule has 3 nitrogen and oxygen atoms in total. The number of carbonyl (C=O) groups excluding carboxylic acids is 1. The van der Waals surface area contributed by atoms with Crippen LogP contribution in [-0.4, -0.2) is 23.0 Å². The normalized spacial score (nSPS) is 12.4. The molecule has 0 bridgehead atoms. The van der Waals surface area contributed by atoms with Crippen molar-refractivity contribution in [1.29, 1.82) is 0 Å². The molecule has 114 valence electrons. The molecule has 0 rings (SSSR count). The van der Waals surface area contributed by atoms with E-state index in [1.54, 1.807) is 0 Å². The number of hydrogen-bond acceptors (Lipinski definition) is 3. The molecule has 0 spiro atoms. The van der Waals surface area contributed by atoms with Crippen LogP contribution in [-0.2, 0) is 9.53 Å². The Hall–Kier alpha value is 0.160. The van der Waals surface area contributed by atoms with Crippen LogP contribution >= 0.6 is 22.6 Å². The molecule has 1 unspecified atom stereocenters. The molecule has 0 aromatic rings. The molecule has 0 aliphatic rings. The number of unbranched alkanes of at least 4 members (excludes halogenated alkanes) is 9. The van der Waals surface area contributed by atoms with Crippen molar-refractivity contribution in [2.24, 2.45) is 5.73 Å². The molecular formula is C15H30INO2. The molecule has 0 saturated carbocycles. The van der Waals surface area contributed by atoms with E-state index in [0.29, 0.717) is 13.2 Å². The lowest BCUT2D eigenvalue weighted by Crippen LogP contribution is -2.25. The van der Waals surface area contributed by atoms with Crippen LogP contribution in [0.15, 0.2) is 0 Å². The van der Waals surface area contributed by atoms with Crippen LogP contribution in [0.25, 0.3) is 0 Å². The summed E-state index contributed by atoms with van der Waals surface area (Å²) < 4.78 is 4.95. The van der Waals surface area contributed by atoms with Gasteiger partial charge in [0.1, 0.15) is 3.92 Å². The average Bonchev–Trinajstić information content (AvgIpc) is 2.43. The third-order valence-electron chi connectivity index (χ3n) is 3.20. The second kappa shape index (κ2) is 14.6. The number of alkyl halides is 1. The molecule has 0 aromatic carbocycles. The highest BCUT2D eigenvalue weighted by molar-refractivity contribution is 14.1. The Bertz CT molecular complexity index is 212. The minimum absolute atomic E-state index is 0.168. The van der Waals surface area contributed by atoms with Gasteiger partial charge in [-0.2, -0.15) is 0 Å². The predicted molar refractivity (Wildman–Crippen MR) is 89.7 cm³/mol. The Morgan fingerprint density at radius 3 is 1.95 bits per heavy atom. The van der Waals surface area contributed by atoms with E-state index >= 15 is 0 Å². The maximum absolute atomic E-state index is 11.3. The minimum atomic E-state index is -0.194. The van der Waals surface area contributed by atoms with Crippen molar-refractivity contribution >= 4 is 28.6 Å². The molecule has 0 aliphatic heterocycles. The van der Waals surface area contributed by atoms with Crippen molar-refractivity contribution in [3.63, 3.8) is 0 Å². The molecule has 1 atom stereocenters. The van der Waals surface area contributed by atoms with Gasteiger partial charge in [-0.15, -0.1) is 0 Å². The topological polar surface area (TPSA) is 52.3 Å². The Balaban J connectivity index is 3.13. The van der Waals surface area contributed by atoms with Gasteiger partial charge in [-0.25, -0.2) is 0 Å². The van der Waals surface area contributed by atoms with Crippen molar-refractivity contribution in [3.05, 3.63) is 0 Å². The first-order chi connectivity index (χ1) is 9.22. The van der Waals surface area contributed by atoms with Gasteiger partial charge < -0.3 is 10.5 Å². The van der Waals surface area contributed by atoms with E-state index in [1.165, 1.54) is 51.4 Å². The maximum atomic E-state index is 11.3. The summed E-state index contributed by atoms with van der Waals surface area (Å²) in [7, 11) is 0.